The SMILES string of the molecule is CCNc1nc2cc(F)ccc2n2c(CC)nnc12.CS(=O)(=O)O. The summed E-state index contributed by atoms with van der Waals surface area (Å²) in [6.45, 7) is 4.71. The summed E-state index contributed by atoms with van der Waals surface area (Å²) in [6.07, 6.45) is 1.47. The Labute approximate surface area is 138 Å². The molecular formula is C14H18FN5O3S. The van der Waals surface area contributed by atoms with E-state index >= 15 is 0 Å². The molecule has 24 heavy (non-hydrogen) atoms. The second kappa shape index (κ2) is 7.05. The number of nitrogens with zero attached hydrogens (tertiary/aromatic N) is 4. The molecule has 8 nitrogen and oxygen atoms in total. The molecule has 0 aliphatic heterocycles. The van der Waals surface area contributed by atoms with Crippen molar-refractivity contribution in [3.63, 3.8) is 0 Å². The predicted molar refractivity (Wildman–Crippen MR) is 89.3 cm³/mol. The van der Waals surface area contributed by atoms with Gasteiger partial charge in [0.15, 0.2) is 5.82 Å². The fraction of sp³-hybridized carbons (Fsp3) is 0.357. The van der Waals surface area contributed by atoms with E-state index < -0.39 is 10.1 Å². The summed E-state index contributed by atoms with van der Waals surface area (Å²) in [4.78, 5) is 4.43. The van der Waals surface area contributed by atoms with Crippen LogP contribution in [0, 0.1) is 5.82 Å². The number of aromatic nitrogens is 4. The van der Waals surface area contributed by atoms with Gasteiger partial charge in [0.2, 0.25) is 5.65 Å². The molecule has 0 saturated carbocycles. The summed E-state index contributed by atoms with van der Waals surface area (Å²) in [7, 11) is -3.67. The van der Waals surface area contributed by atoms with E-state index in [1.807, 2.05) is 18.2 Å². The molecule has 0 spiro atoms. The molecule has 0 bridgehead atoms. The zero-order chi connectivity index (χ0) is 17.9. The van der Waals surface area contributed by atoms with Crippen LogP contribution in [-0.2, 0) is 16.5 Å². The summed E-state index contributed by atoms with van der Waals surface area (Å²) in [5.41, 5.74) is 2.09. The lowest BCUT2D eigenvalue weighted by atomic mass is 10.2. The molecule has 2 aromatic heterocycles. The standard InChI is InChI=1S/C13H14FN5.CH4O3S/c1-3-11-17-18-13-12(15-4-2)16-9-7-8(14)5-6-10(9)19(11)13;1-5(2,3)4/h5-7H,3-4H2,1-2H3,(H,15,16);1H3,(H,2,3,4). The van der Waals surface area contributed by atoms with Crippen LogP contribution < -0.4 is 5.32 Å². The minimum Gasteiger partial charge on any atom is -0.367 e. The minimum absolute atomic E-state index is 0.298. The Morgan fingerprint density at radius 2 is 1.96 bits per heavy atom. The van der Waals surface area contributed by atoms with E-state index in [0.717, 1.165) is 24.3 Å². The third kappa shape index (κ3) is 4.15. The van der Waals surface area contributed by atoms with Gasteiger partial charge in [-0.3, -0.25) is 8.95 Å². The van der Waals surface area contributed by atoms with Crippen molar-refractivity contribution >= 4 is 32.6 Å². The van der Waals surface area contributed by atoms with Crippen molar-refractivity contribution in [2.75, 3.05) is 18.1 Å². The Balaban J connectivity index is 0.000000368. The highest BCUT2D eigenvalue weighted by Crippen LogP contribution is 2.22. The van der Waals surface area contributed by atoms with Crippen molar-refractivity contribution in [3.05, 3.63) is 29.8 Å². The highest BCUT2D eigenvalue weighted by molar-refractivity contribution is 7.85. The Bertz CT molecular complexity index is 963. The zero-order valence-electron chi connectivity index (χ0n) is 13.5. The number of aryl methyl sites for hydroxylation is 1. The van der Waals surface area contributed by atoms with Crippen molar-refractivity contribution in [3.8, 4) is 0 Å². The molecule has 2 heterocycles. The number of rotatable bonds is 3. The van der Waals surface area contributed by atoms with Crippen LogP contribution in [0.25, 0.3) is 16.7 Å². The highest BCUT2D eigenvalue weighted by atomic mass is 32.2. The molecule has 0 amide bonds. The summed E-state index contributed by atoms with van der Waals surface area (Å²) < 4.78 is 41.2. The van der Waals surface area contributed by atoms with E-state index in [0.29, 0.717) is 23.2 Å². The molecule has 0 unspecified atom stereocenters. The second-order valence-corrected chi connectivity index (χ2v) is 6.45. The van der Waals surface area contributed by atoms with Gasteiger partial charge >= 0.3 is 0 Å². The molecule has 3 rings (SSSR count). The fourth-order valence-corrected chi connectivity index (χ4v) is 2.18. The topological polar surface area (TPSA) is 109 Å². The molecule has 10 heteroatoms. The van der Waals surface area contributed by atoms with E-state index in [-0.39, 0.29) is 5.82 Å². The molecule has 0 fully saturated rings. The number of nitrogens with one attached hydrogen (secondary N) is 1. The number of fused-ring (bicyclic) bond motifs is 3. The lowest BCUT2D eigenvalue weighted by Gasteiger charge is -2.08. The monoisotopic (exact) mass is 355 g/mol. The largest absolute Gasteiger partial charge is 0.367 e. The Kier molecular flexibility index (Phi) is 5.30. The van der Waals surface area contributed by atoms with E-state index in [4.69, 9.17) is 4.55 Å². The molecule has 1 aromatic carbocycles. The van der Waals surface area contributed by atoms with Gasteiger partial charge in [-0.25, -0.2) is 9.37 Å². The molecule has 0 atom stereocenters. The normalized spacial score (nSPS) is 11.4. The van der Waals surface area contributed by atoms with Gasteiger partial charge in [-0.15, -0.1) is 10.2 Å². The van der Waals surface area contributed by atoms with Gasteiger partial charge in [0, 0.05) is 19.0 Å². The molecule has 3 aromatic rings. The van der Waals surface area contributed by atoms with Crippen LogP contribution in [0.4, 0.5) is 10.2 Å². The van der Waals surface area contributed by atoms with Crippen molar-refractivity contribution < 1.29 is 17.4 Å². The van der Waals surface area contributed by atoms with Crippen molar-refractivity contribution in [2.45, 2.75) is 20.3 Å². The second-order valence-electron chi connectivity index (χ2n) is 4.99. The van der Waals surface area contributed by atoms with Crippen molar-refractivity contribution in [1.82, 2.24) is 19.6 Å². The Morgan fingerprint density at radius 1 is 1.29 bits per heavy atom. The van der Waals surface area contributed by atoms with Crippen LogP contribution in [0.15, 0.2) is 18.2 Å². The average molecular weight is 355 g/mol. The third-order valence-corrected chi connectivity index (χ3v) is 3.01. The molecule has 2 N–H and O–H groups in total. The average Bonchev–Trinajstić information content (AvgIpc) is 2.90. The number of hydrogen-bond acceptors (Lipinski definition) is 6. The number of hydrogen-bond donors (Lipinski definition) is 2. The molecular weight excluding hydrogens is 337 g/mol. The molecule has 0 saturated heterocycles. The lowest BCUT2D eigenvalue weighted by Crippen LogP contribution is -2.05. The first-order valence-electron chi connectivity index (χ1n) is 7.24. The van der Waals surface area contributed by atoms with Crippen LogP contribution in [-0.4, -0.2) is 45.4 Å². The van der Waals surface area contributed by atoms with Gasteiger partial charge in [-0.2, -0.15) is 8.42 Å². The maximum Gasteiger partial charge on any atom is 0.261 e. The first-order chi connectivity index (χ1) is 11.2. The number of halogens is 1. The quantitative estimate of drug-likeness (QED) is 0.691. The van der Waals surface area contributed by atoms with E-state index in [2.05, 4.69) is 20.5 Å². The smallest absolute Gasteiger partial charge is 0.261 e. The van der Waals surface area contributed by atoms with Crippen molar-refractivity contribution in [2.24, 2.45) is 0 Å². The maximum atomic E-state index is 13.4. The summed E-state index contributed by atoms with van der Waals surface area (Å²) in [6, 6.07) is 4.56. The van der Waals surface area contributed by atoms with Crippen LogP contribution in [0.2, 0.25) is 0 Å². The van der Waals surface area contributed by atoms with Gasteiger partial charge in [0.05, 0.1) is 17.3 Å². The Morgan fingerprint density at radius 3 is 2.54 bits per heavy atom. The molecule has 0 radical (unpaired) electrons. The lowest BCUT2D eigenvalue weighted by molar-refractivity contribution is 0.490. The minimum atomic E-state index is -3.67. The van der Waals surface area contributed by atoms with Gasteiger partial charge in [-0.1, -0.05) is 6.92 Å². The molecule has 0 aliphatic rings. The van der Waals surface area contributed by atoms with Crippen molar-refractivity contribution in [1.29, 1.82) is 0 Å². The van der Waals surface area contributed by atoms with Gasteiger partial charge in [0.25, 0.3) is 10.1 Å². The summed E-state index contributed by atoms with van der Waals surface area (Å²) in [5, 5.41) is 11.5. The van der Waals surface area contributed by atoms with Gasteiger partial charge in [-0.05, 0) is 19.1 Å². The molecule has 0 aliphatic carbocycles. The fourth-order valence-electron chi connectivity index (χ4n) is 2.18. The summed E-state index contributed by atoms with van der Waals surface area (Å²) in [5.74, 6) is 1.17. The van der Waals surface area contributed by atoms with E-state index in [9.17, 15) is 12.8 Å². The first-order valence-corrected chi connectivity index (χ1v) is 9.09. The third-order valence-electron chi connectivity index (χ3n) is 3.01. The number of benzene rings is 1. The predicted octanol–water partition coefficient (Wildman–Crippen LogP) is 1.91. The number of anilines is 1. The van der Waals surface area contributed by atoms with Crippen LogP contribution in [0.3, 0.4) is 0 Å². The zero-order valence-corrected chi connectivity index (χ0v) is 14.3. The van der Waals surface area contributed by atoms with Crippen LogP contribution in [0.5, 0.6) is 0 Å². The maximum absolute atomic E-state index is 13.4. The Hall–Kier alpha value is -2.33. The van der Waals surface area contributed by atoms with Gasteiger partial charge in [0.1, 0.15) is 11.6 Å². The highest BCUT2D eigenvalue weighted by Gasteiger charge is 2.13. The summed E-state index contributed by atoms with van der Waals surface area (Å²) >= 11 is 0. The van der Waals surface area contributed by atoms with Crippen LogP contribution in [0.1, 0.15) is 19.7 Å². The van der Waals surface area contributed by atoms with Gasteiger partial charge < -0.3 is 5.32 Å². The first kappa shape index (κ1) is 18.0. The van der Waals surface area contributed by atoms with Crippen LogP contribution >= 0.6 is 0 Å². The van der Waals surface area contributed by atoms with E-state index in [1.54, 1.807) is 6.07 Å². The molecule has 130 valence electrons. The van der Waals surface area contributed by atoms with E-state index in [1.165, 1.54) is 12.1 Å².